The molecule has 0 amide bonds. The van der Waals surface area contributed by atoms with Gasteiger partial charge in [-0.1, -0.05) is 39.8 Å². The molecule has 18 heavy (non-hydrogen) atoms. The van der Waals surface area contributed by atoms with E-state index in [1.54, 1.807) is 0 Å². The first kappa shape index (κ1) is 15.1. The standard InChI is InChI=1S/C15H24FNO/c1-14(2,11-18)9-17-10-15(3,4)12-5-7-13(16)8-6-12/h5-8,17-18H,9-11H2,1-4H3. The lowest BCUT2D eigenvalue weighted by Gasteiger charge is -2.29. The van der Waals surface area contributed by atoms with E-state index in [0.717, 1.165) is 18.7 Å². The van der Waals surface area contributed by atoms with Gasteiger partial charge in [-0.15, -0.1) is 0 Å². The lowest BCUT2D eigenvalue weighted by molar-refractivity contribution is 0.155. The first-order valence-electron chi connectivity index (χ1n) is 6.34. The number of aliphatic hydroxyl groups excluding tert-OH is 1. The minimum absolute atomic E-state index is 0.0563. The molecule has 0 aliphatic heterocycles. The molecule has 1 aromatic rings. The Balaban J connectivity index is 2.57. The fraction of sp³-hybridized carbons (Fsp3) is 0.600. The third kappa shape index (κ3) is 4.39. The van der Waals surface area contributed by atoms with E-state index in [1.165, 1.54) is 12.1 Å². The van der Waals surface area contributed by atoms with Crippen LogP contribution >= 0.6 is 0 Å². The minimum atomic E-state index is -0.205. The Labute approximate surface area is 109 Å². The minimum Gasteiger partial charge on any atom is -0.396 e. The summed E-state index contributed by atoms with van der Waals surface area (Å²) >= 11 is 0. The van der Waals surface area contributed by atoms with Crippen LogP contribution in [0.2, 0.25) is 0 Å². The highest BCUT2D eigenvalue weighted by atomic mass is 19.1. The molecule has 2 N–H and O–H groups in total. The van der Waals surface area contributed by atoms with E-state index in [9.17, 15) is 9.50 Å². The largest absolute Gasteiger partial charge is 0.396 e. The van der Waals surface area contributed by atoms with Gasteiger partial charge in [-0.25, -0.2) is 4.39 Å². The van der Waals surface area contributed by atoms with Crippen molar-refractivity contribution in [2.24, 2.45) is 5.41 Å². The summed E-state index contributed by atoms with van der Waals surface area (Å²) in [6, 6.07) is 6.64. The first-order valence-corrected chi connectivity index (χ1v) is 6.34. The Morgan fingerprint density at radius 2 is 1.61 bits per heavy atom. The molecule has 102 valence electrons. The summed E-state index contributed by atoms with van der Waals surface area (Å²) in [6.45, 7) is 10.0. The van der Waals surface area contributed by atoms with Crippen LogP contribution in [-0.4, -0.2) is 24.8 Å². The Morgan fingerprint density at radius 3 is 2.11 bits per heavy atom. The summed E-state index contributed by atoms with van der Waals surface area (Å²) in [4.78, 5) is 0. The Morgan fingerprint density at radius 1 is 1.06 bits per heavy atom. The van der Waals surface area contributed by atoms with Crippen LogP contribution in [0, 0.1) is 11.2 Å². The highest BCUT2D eigenvalue weighted by Crippen LogP contribution is 2.23. The molecular formula is C15H24FNO. The molecule has 3 heteroatoms. The predicted molar refractivity (Wildman–Crippen MR) is 73.2 cm³/mol. The number of halogens is 1. The second-order valence-electron chi connectivity index (χ2n) is 6.32. The van der Waals surface area contributed by atoms with Gasteiger partial charge >= 0.3 is 0 Å². The maximum absolute atomic E-state index is 12.9. The molecule has 1 aromatic carbocycles. The van der Waals surface area contributed by atoms with Crippen LogP contribution in [0.15, 0.2) is 24.3 Å². The van der Waals surface area contributed by atoms with Gasteiger partial charge in [-0.3, -0.25) is 0 Å². The number of hydrogen-bond acceptors (Lipinski definition) is 2. The van der Waals surface area contributed by atoms with E-state index in [4.69, 9.17) is 0 Å². The molecule has 0 bridgehead atoms. The van der Waals surface area contributed by atoms with Crippen molar-refractivity contribution >= 4 is 0 Å². The Hall–Kier alpha value is -0.930. The van der Waals surface area contributed by atoms with Gasteiger partial charge in [-0.2, -0.15) is 0 Å². The molecule has 0 radical (unpaired) electrons. The summed E-state index contributed by atoms with van der Waals surface area (Å²) in [7, 11) is 0. The number of nitrogens with one attached hydrogen (secondary N) is 1. The quantitative estimate of drug-likeness (QED) is 0.817. The number of aliphatic hydroxyl groups is 1. The van der Waals surface area contributed by atoms with Crippen LogP contribution in [0.4, 0.5) is 4.39 Å². The molecule has 0 atom stereocenters. The monoisotopic (exact) mass is 253 g/mol. The molecule has 0 saturated carbocycles. The van der Waals surface area contributed by atoms with Gasteiger partial charge in [0.15, 0.2) is 0 Å². The second kappa shape index (κ2) is 5.81. The van der Waals surface area contributed by atoms with Crippen molar-refractivity contribution < 1.29 is 9.50 Å². The van der Waals surface area contributed by atoms with E-state index in [1.807, 2.05) is 26.0 Å². The van der Waals surface area contributed by atoms with Crippen molar-refractivity contribution in [2.75, 3.05) is 19.7 Å². The van der Waals surface area contributed by atoms with Crippen LogP contribution in [0.1, 0.15) is 33.3 Å². The van der Waals surface area contributed by atoms with E-state index >= 15 is 0 Å². The van der Waals surface area contributed by atoms with Crippen molar-refractivity contribution in [1.29, 1.82) is 0 Å². The predicted octanol–water partition coefficient (Wildman–Crippen LogP) is 2.71. The van der Waals surface area contributed by atoms with Crippen LogP contribution in [-0.2, 0) is 5.41 Å². The van der Waals surface area contributed by atoms with Crippen LogP contribution < -0.4 is 5.32 Å². The summed E-state index contributed by atoms with van der Waals surface area (Å²) in [5.74, 6) is -0.205. The van der Waals surface area contributed by atoms with Gasteiger partial charge in [0.25, 0.3) is 0 Å². The zero-order valence-corrected chi connectivity index (χ0v) is 11.8. The zero-order chi connectivity index (χ0) is 13.8. The lowest BCUT2D eigenvalue weighted by Crippen LogP contribution is -2.39. The average Bonchev–Trinajstić information content (AvgIpc) is 2.29. The molecule has 2 nitrogen and oxygen atoms in total. The van der Waals surface area contributed by atoms with E-state index in [0.29, 0.717) is 0 Å². The summed E-state index contributed by atoms with van der Waals surface area (Å²) in [6.07, 6.45) is 0. The Bertz CT molecular complexity index is 371. The second-order valence-corrected chi connectivity index (χ2v) is 6.32. The van der Waals surface area contributed by atoms with Gasteiger partial charge in [0.1, 0.15) is 5.82 Å². The first-order chi connectivity index (χ1) is 8.27. The molecule has 0 unspecified atom stereocenters. The molecule has 1 rings (SSSR count). The average molecular weight is 253 g/mol. The van der Waals surface area contributed by atoms with Crippen molar-refractivity contribution in [2.45, 2.75) is 33.1 Å². The molecule has 0 spiro atoms. The van der Waals surface area contributed by atoms with E-state index < -0.39 is 0 Å². The van der Waals surface area contributed by atoms with Crippen LogP contribution in [0.5, 0.6) is 0 Å². The van der Waals surface area contributed by atoms with E-state index in [2.05, 4.69) is 19.2 Å². The maximum Gasteiger partial charge on any atom is 0.123 e. The van der Waals surface area contributed by atoms with Crippen LogP contribution in [0.25, 0.3) is 0 Å². The fourth-order valence-corrected chi connectivity index (χ4v) is 1.77. The lowest BCUT2D eigenvalue weighted by atomic mass is 9.84. The third-order valence-electron chi connectivity index (χ3n) is 3.22. The molecule has 0 aromatic heterocycles. The molecule has 0 aliphatic rings. The normalized spacial score (nSPS) is 12.8. The molecular weight excluding hydrogens is 229 g/mol. The number of hydrogen-bond donors (Lipinski definition) is 2. The van der Waals surface area contributed by atoms with Crippen molar-refractivity contribution in [3.63, 3.8) is 0 Å². The fourth-order valence-electron chi connectivity index (χ4n) is 1.77. The van der Waals surface area contributed by atoms with Gasteiger partial charge in [-0.05, 0) is 17.7 Å². The number of benzene rings is 1. The summed E-state index contributed by atoms with van der Waals surface area (Å²) in [5, 5.41) is 12.6. The van der Waals surface area contributed by atoms with Gasteiger partial charge in [0, 0.05) is 30.5 Å². The summed E-state index contributed by atoms with van der Waals surface area (Å²) < 4.78 is 12.9. The maximum atomic E-state index is 12.9. The molecule has 0 saturated heterocycles. The molecule has 0 heterocycles. The van der Waals surface area contributed by atoms with Gasteiger partial charge < -0.3 is 10.4 Å². The SMILES string of the molecule is CC(C)(CO)CNCC(C)(C)c1ccc(F)cc1. The smallest absolute Gasteiger partial charge is 0.123 e. The summed E-state index contributed by atoms with van der Waals surface area (Å²) in [5.41, 5.74) is 0.941. The number of rotatable bonds is 6. The van der Waals surface area contributed by atoms with Crippen molar-refractivity contribution in [3.05, 3.63) is 35.6 Å². The van der Waals surface area contributed by atoms with Crippen molar-refractivity contribution in [1.82, 2.24) is 5.32 Å². The van der Waals surface area contributed by atoms with Crippen LogP contribution in [0.3, 0.4) is 0 Å². The Kier molecular flexibility index (Phi) is 4.88. The van der Waals surface area contributed by atoms with Gasteiger partial charge in [0.2, 0.25) is 0 Å². The highest BCUT2D eigenvalue weighted by Gasteiger charge is 2.22. The zero-order valence-electron chi connectivity index (χ0n) is 11.8. The molecule has 0 fully saturated rings. The highest BCUT2D eigenvalue weighted by molar-refractivity contribution is 5.24. The third-order valence-corrected chi connectivity index (χ3v) is 3.22. The van der Waals surface area contributed by atoms with Gasteiger partial charge in [0.05, 0.1) is 0 Å². The molecule has 0 aliphatic carbocycles. The van der Waals surface area contributed by atoms with Crippen molar-refractivity contribution in [3.8, 4) is 0 Å². The topological polar surface area (TPSA) is 32.3 Å². The van der Waals surface area contributed by atoms with E-state index in [-0.39, 0.29) is 23.3 Å².